The van der Waals surface area contributed by atoms with Crippen LogP contribution in [0.15, 0.2) is 61.5 Å². The largest absolute Gasteiger partial charge is 0.493 e. The van der Waals surface area contributed by atoms with Gasteiger partial charge >= 0.3 is 5.63 Å². The van der Waals surface area contributed by atoms with Crippen molar-refractivity contribution in [3.05, 3.63) is 64.3 Å². The summed E-state index contributed by atoms with van der Waals surface area (Å²) >= 11 is 0. The van der Waals surface area contributed by atoms with E-state index in [1.165, 1.54) is 26.2 Å². The molecule has 0 saturated heterocycles. The lowest BCUT2D eigenvalue weighted by atomic mass is 10.2. The first kappa shape index (κ1) is 16.2. The van der Waals surface area contributed by atoms with E-state index in [1.807, 2.05) is 0 Å². The average Bonchev–Trinajstić information content (AvgIpc) is 2.56. The number of aryl methyl sites for hydroxylation is 1. The first-order valence-electron chi connectivity index (χ1n) is 6.96. The van der Waals surface area contributed by atoms with Crippen molar-refractivity contribution in [1.29, 1.82) is 0 Å². The number of ether oxygens (including phenoxy) is 1. The Morgan fingerprint density at radius 1 is 1.12 bits per heavy atom. The summed E-state index contributed by atoms with van der Waals surface area (Å²) in [6, 6.07) is 9.44. The number of benzene rings is 2. The summed E-state index contributed by atoms with van der Waals surface area (Å²) in [6.45, 7) is 1.45. The highest BCUT2D eigenvalue weighted by atomic mass is 32.2. The molecule has 3 rings (SSSR count). The van der Waals surface area contributed by atoms with Crippen molar-refractivity contribution >= 4 is 20.8 Å². The molecule has 0 saturated carbocycles. The predicted octanol–water partition coefficient (Wildman–Crippen LogP) is 3.08. The Morgan fingerprint density at radius 3 is 2.54 bits per heavy atom. The maximum atomic E-state index is 13.4. The highest BCUT2D eigenvalue weighted by molar-refractivity contribution is 7.91. The summed E-state index contributed by atoms with van der Waals surface area (Å²) in [5.74, 6) is -0.199. The van der Waals surface area contributed by atoms with E-state index in [2.05, 4.69) is 0 Å². The van der Waals surface area contributed by atoms with E-state index >= 15 is 0 Å². The van der Waals surface area contributed by atoms with Crippen molar-refractivity contribution in [3.8, 4) is 5.75 Å². The predicted molar refractivity (Wildman–Crippen MR) is 85.6 cm³/mol. The Hall–Kier alpha value is -2.67. The minimum Gasteiger partial charge on any atom is -0.493 e. The Morgan fingerprint density at radius 2 is 1.88 bits per heavy atom. The van der Waals surface area contributed by atoms with Gasteiger partial charge in [0.2, 0.25) is 9.84 Å². The lowest BCUT2D eigenvalue weighted by Crippen LogP contribution is -2.14. The molecule has 3 aromatic rings. The van der Waals surface area contributed by atoms with Crippen molar-refractivity contribution in [2.75, 3.05) is 7.11 Å². The number of halogens is 1. The SMILES string of the molecule is COc1cccc2cc(S(=O)(=O)c3ccc(F)c(C)c3)c(=O)oc12. The van der Waals surface area contributed by atoms with Crippen LogP contribution >= 0.6 is 0 Å². The lowest BCUT2D eigenvalue weighted by Gasteiger charge is -2.07. The summed E-state index contributed by atoms with van der Waals surface area (Å²) in [7, 11) is -2.72. The molecule has 0 N–H and O–H groups in total. The third-order valence-corrected chi connectivity index (χ3v) is 5.38. The van der Waals surface area contributed by atoms with Gasteiger partial charge in [-0.15, -0.1) is 0 Å². The van der Waals surface area contributed by atoms with Crippen LogP contribution in [0.1, 0.15) is 5.56 Å². The van der Waals surface area contributed by atoms with Gasteiger partial charge in [-0.1, -0.05) is 12.1 Å². The van der Waals surface area contributed by atoms with Crippen LogP contribution in [0.3, 0.4) is 0 Å². The van der Waals surface area contributed by atoms with Crippen LogP contribution in [-0.4, -0.2) is 15.5 Å². The maximum Gasteiger partial charge on any atom is 0.355 e. The van der Waals surface area contributed by atoms with E-state index < -0.39 is 26.2 Å². The van der Waals surface area contributed by atoms with Gasteiger partial charge in [0.15, 0.2) is 16.2 Å². The highest BCUT2D eigenvalue weighted by Gasteiger charge is 2.24. The molecule has 0 bridgehead atoms. The second-order valence-corrected chi connectivity index (χ2v) is 7.11. The van der Waals surface area contributed by atoms with Gasteiger partial charge in [-0.25, -0.2) is 17.6 Å². The zero-order valence-corrected chi connectivity index (χ0v) is 13.7. The van der Waals surface area contributed by atoms with Gasteiger partial charge in [0.05, 0.1) is 12.0 Å². The molecule has 0 fully saturated rings. The van der Waals surface area contributed by atoms with Crippen LogP contribution in [0.2, 0.25) is 0 Å². The molecular weight excluding hydrogens is 335 g/mol. The number of rotatable bonds is 3. The molecule has 0 unspecified atom stereocenters. The molecule has 0 aliphatic heterocycles. The zero-order valence-electron chi connectivity index (χ0n) is 12.9. The molecule has 1 heterocycles. The third-order valence-electron chi connectivity index (χ3n) is 3.64. The molecule has 124 valence electrons. The average molecular weight is 348 g/mol. The van der Waals surface area contributed by atoms with Gasteiger partial charge < -0.3 is 9.15 Å². The van der Waals surface area contributed by atoms with Crippen LogP contribution in [-0.2, 0) is 9.84 Å². The van der Waals surface area contributed by atoms with E-state index in [9.17, 15) is 17.6 Å². The summed E-state index contributed by atoms with van der Waals surface area (Å²) in [6.07, 6.45) is 0. The Balaban J connectivity index is 2.26. The molecule has 0 aliphatic rings. The van der Waals surface area contributed by atoms with Crippen LogP contribution in [0.25, 0.3) is 11.0 Å². The summed E-state index contributed by atoms with van der Waals surface area (Å²) in [5, 5.41) is 0.409. The fourth-order valence-electron chi connectivity index (χ4n) is 2.36. The molecule has 7 heteroatoms. The molecule has 5 nitrogen and oxygen atoms in total. The van der Waals surface area contributed by atoms with Gasteiger partial charge in [-0.2, -0.15) is 0 Å². The molecular formula is C17H13FO5S. The summed E-state index contributed by atoms with van der Waals surface area (Å²) in [5.41, 5.74) is -0.670. The molecule has 0 spiro atoms. The fraction of sp³-hybridized carbons (Fsp3) is 0.118. The van der Waals surface area contributed by atoms with Crippen molar-refractivity contribution in [2.24, 2.45) is 0 Å². The Kier molecular flexibility index (Phi) is 3.88. The first-order chi connectivity index (χ1) is 11.3. The minimum atomic E-state index is -4.13. The standard InChI is InChI=1S/C17H13FO5S/c1-10-8-12(6-7-13(10)18)24(20,21)15-9-11-4-3-5-14(22-2)16(11)23-17(15)19/h3-9H,1-2H3. The normalized spacial score (nSPS) is 11.6. The third kappa shape index (κ3) is 2.56. The number of methoxy groups -OCH3 is 1. The highest BCUT2D eigenvalue weighted by Crippen LogP contribution is 2.27. The maximum absolute atomic E-state index is 13.4. The zero-order chi connectivity index (χ0) is 17.5. The topological polar surface area (TPSA) is 73.6 Å². The van der Waals surface area contributed by atoms with Crippen molar-refractivity contribution in [1.82, 2.24) is 0 Å². The van der Waals surface area contributed by atoms with Crippen LogP contribution in [0, 0.1) is 12.7 Å². The van der Waals surface area contributed by atoms with Gasteiger partial charge in [-0.05, 0) is 42.8 Å². The number of sulfone groups is 1. The quantitative estimate of drug-likeness (QED) is 0.537. The summed E-state index contributed by atoms with van der Waals surface area (Å²) < 4.78 is 49.0. The number of hydrogen-bond donors (Lipinski definition) is 0. The number of para-hydroxylation sites is 1. The van der Waals surface area contributed by atoms with E-state index in [4.69, 9.17) is 9.15 Å². The van der Waals surface area contributed by atoms with Crippen molar-refractivity contribution in [3.63, 3.8) is 0 Å². The van der Waals surface area contributed by atoms with Gasteiger partial charge in [-0.3, -0.25) is 0 Å². The smallest absolute Gasteiger partial charge is 0.355 e. The molecule has 1 aromatic heterocycles. The van der Waals surface area contributed by atoms with Crippen molar-refractivity contribution in [2.45, 2.75) is 16.7 Å². The van der Waals surface area contributed by atoms with E-state index in [0.717, 1.165) is 12.1 Å². The first-order valence-corrected chi connectivity index (χ1v) is 8.45. The molecule has 0 amide bonds. The molecule has 2 aromatic carbocycles. The van der Waals surface area contributed by atoms with Crippen molar-refractivity contribution < 1.29 is 22.0 Å². The summed E-state index contributed by atoms with van der Waals surface area (Å²) in [4.78, 5) is 11.5. The van der Waals surface area contributed by atoms with Gasteiger partial charge in [0.25, 0.3) is 0 Å². The van der Waals surface area contributed by atoms with E-state index in [0.29, 0.717) is 11.1 Å². The van der Waals surface area contributed by atoms with Gasteiger partial charge in [0, 0.05) is 5.39 Å². The second kappa shape index (κ2) is 5.76. The van der Waals surface area contributed by atoms with Gasteiger partial charge in [0.1, 0.15) is 5.82 Å². The minimum absolute atomic E-state index is 0.166. The molecule has 24 heavy (non-hydrogen) atoms. The lowest BCUT2D eigenvalue weighted by molar-refractivity contribution is 0.405. The molecule has 0 atom stereocenters. The molecule has 0 aliphatic carbocycles. The van der Waals surface area contributed by atoms with E-state index in [1.54, 1.807) is 18.2 Å². The number of hydrogen-bond acceptors (Lipinski definition) is 5. The number of fused-ring (bicyclic) bond motifs is 1. The monoisotopic (exact) mass is 348 g/mol. The van der Waals surface area contributed by atoms with E-state index in [-0.39, 0.29) is 16.0 Å². The van der Waals surface area contributed by atoms with Crippen LogP contribution in [0.5, 0.6) is 5.75 Å². The molecule has 0 radical (unpaired) electrons. The van der Waals surface area contributed by atoms with Crippen LogP contribution in [0.4, 0.5) is 4.39 Å². The fourth-order valence-corrected chi connectivity index (χ4v) is 3.73. The Bertz CT molecular complexity index is 1100. The Labute approximate surface area is 137 Å². The second-order valence-electron chi connectivity index (χ2n) is 5.19. The van der Waals surface area contributed by atoms with Crippen LogP contribution < -0.4 is 10.4 Å².